The van der Waals surface area contributed by atoms with Crippen molar-refractivity contribution in [2.45, 2.75) is 6.54 Å². The summed E-state index contributed by atoms with van der Waals surface area (Å²) in [5.41, 5.74) is 2.48. The van der Waals surface area contributed by atoms with Crippen molar-refractivity contribution >= 4 is 27.6 Å². The number of benzene rings is 2. The van der Waals surface area contributed by atoms with Crippen LogP contribution < -0.4 is 5.32 Å². The Bertz CT molecular complexity index is 584. The van der Waals surface area contributed by atoms with Crippen LogP contribution in [0.2, 0.25) is 0 Å². The predicted octanol–water partition coefficient (Wildman–Crippen LogP) is 3.85. The van der Waals surface area contributed by atoms with E-state index >= 15 is 0 Å². The summed E-state index contributed by atoms with van der Waals surface area (Å²) in [5, 5.41) is 3.29. The Hall–Kier alpha value is -1.81. The van der Waals surface area contributed by atoms with Crippen LogP contribution in [-0.4, -0.2) is 13.1 Å². The summed E-state index contributed by atoms with van der Waals surface area (Å²) in [5.74, 6) is -0.315. The zero-order valence-corrected chi connectivity index (χ0v) is 12.1. The molecule has 2 aromatic carbocycles. The number of esters is 1. The van der Waals surface area contributed by atoms with Gasteiger partial charge in [-0.2, -0.15) is 0 Å². The van der Waals surface area contributed by atoms with Gasteiger partial charge in [0.05, 0.1) is 12.7 Å². The number of anilines is 1. The summed E-state index contributed by atoms with van der Waals surface area (Å²) in [6, 6.07) is 15.3. The van der Waals surface area contributed by atoms with E-state index in [0.717, 1.165) is 15.7 Å². The molecule has 0 atom stereocenters. The first-order chi connectivity index (χ1) is 9.22. The Balaban J connectivity index is 2.16. The van der Waals surface area contributed by atoms with Gasteiger partial charge in [-0.3, -0.25) is 0 Å². The summed E-state index contributed by atoms with van der Waals surface area (Å²) in [4.78, 5) is 11.7. The number of carbonyl (C=O) groups excluding carboxylic acids is 1. The maximum atomic E-state index is 11.7. The molecule has 0 bridgehead atoms. The van der Waals surface area contributed by atoms with Crippen LogP contribution in [0.15, 0.2) is 53.0 Å². The minimum Gasteiger partial charge on any atom is -0.465 e. The molecule has 0 radical (unpaired) electrons. The molecule has 2 aromatic rings. The third-order valence-corrected chi connectivity index (χ3v) is 3.46. The van der Waals surface area contributed by atoms with E-state index in [9.17, 15) is 4.79 Å². The first-order valence-electron chi connectivity index (χ1n) is 5.87. The third kappa shape index (κ3) is 3.35. The average molecular weight is 320 g/mol. The monoisotopic (exact) mass is 319 g/mol. The Morgan fingerprint density at radius 3 is 2.58 bits per heavy atom. The molecule has 0 aliphatic heterocycles. The van der Waals surface area contributed by atoms with Crippen LogP contribution in [0, 0.1) is 0 Å². The van der Waals surface area contributed by atoms with Gasteiger partial charge in [-0.25, -0.2) is 4.79 Å². The van der Waals surface area contributed by atoms with Crippen molar-refractivity contribution in [2.75, 3.05) is 12.4 Å². The highest BCUT2D eigenvalue weighted by Crippen LogP contribution is 2.22. The highest BCUT2D eigenvalue weighted by Gasteiger charge is 2.10. The Labute approximate surface area is 120 Å². The van der Waals surface area contributed by atoms with Crippen LogP contribution in [0.1, 0.15) is 15.9 Å². The zero-order chi connectivity index (χ0) is 13.7. The van der Waals surface area contributed by atoms with E-state index in [1.165, 1.54) is 7.11 Å². The van der Waals surface area contributed by atoms with Crippen molar-refractivity contribution in [3.05, 3.63) is 64.1 Å². The number of para-hydroxylation sites is 1. The Morgan fingerprint density at radius 2 is 1.84 bits per heavy atom. The number of rotatable bonds is 4. The molecule has 0 saturated carbocycles. The number of hydrogen-bond donors (Lipinski definition) is 1. The van der Waals surface area contributed by atoms with Crippen molar-refractivity contribution in [3.8, 4) is 0 Å². The molecule has 0 saturated heterocycles. The van der Waals surface area contributed by atoms with Gasteiger partial charge in [0.2, 0.25) is 0 Å². The highest BCUT2D eigenvalue weighted by molar-refractivity contribution is 9.10. The Morgan fingerprint density at radius 1 is 1.16 bits per heavy atom. The summed E-state index contributed by atoms with van der Waals surface area (Å²) < 4.78 is 5.77. The molecular weight excluding hydrogens is 306 g/mol. The van der Waals surface area contributed by atoms with Gasteiger partial charge < -0.3 is 10.1 Å². The molecule has 0 aliphatic carbocycles. The van der Waals surface area contributed by atoms with Crippen LogP contribution in [0.3, 0.4) is 0 Å². The zero-order valence-electron chi connectivity index (χ0n) is 10.5. The average Bonchev–Trinajstić information content (AvgIpc) is 2.46. The van der Waals surface area contributed by atoms with E-state index in [1.807, 2.05) is 42.5 Å². The fraction of sp³-hybridized carbons (Fsp3) is 0.133. The van der Waals surface area contributed by atoms with Crippen molar-refractivity contribution in [1.82, 2.24) is 0 Å². The van der Waals surface area contributed by atoms with Crippen molar-refractivity contribution < 1.29 is 9.53 Å². The smallest absolute Gasteiger partial charge is 0.338 e. The lowest BCUT2D eigenvalue weighted by Crippen LogP contribution is -2.09. The molecule has 98 valence electrons. The van der Waals surface area contributed by atoms with Gasteiger partial charge in [-0.1, -0.05) is 30.3 Å². The molecule has 0 unspecified atom stereocenters. The van der Waals surface area contributed by atoms with Gasteiger partial charge >= 0.3 is 5.97 Å². The van der Waals surface area contributed by atoms with Gasteiger partial charge in [0, 0.05) is 16.7 Å². The van der Waals surface area contributed by atoms with E-state index in [2.05, 4.69) is 21.2 Å². The van der Waals surface area contributed by atoms with Crippen LogP contribution in [-0.2, 0) is 11.3 Å². The van der Waals surface area contributed by atoms with Gasteiger partial charge in [0.15, 0.2) is 0 Å². The summed E-state index contributed by atoms with van der Waals surface area (Å²) in [7, 11) is 1.39. The minimum atomic E-state index is -0.315. The minimum absolute atomic E-state index is 0.315. The quantitative estimate of drug-likeness (QED) is 0.870. The molecule has 1 N–H and O–H groups in total. The maximum Gasteiger partial charge on any atom is 0.338 e. The fourth-order valence-electron chi connectivity index (χ4n) is 1.78. The highest BCUT2D eigenvalue weighted by atomic mass is 79.9. The van der Waals surface area contributed by atoms with E-state index in [0.29, 0.717) is 12.1 Å². The second-order valence-electron chi connectivity index (χ2n) is 3.98. The van der Waals surface area contributed by atoms with Crippen molar-refractivity contribution in [3.63, 3.8) is 0 Å². The van der Waals surface area contributed by atoms with E-state index < -0.39 is 0 Å². The lowest BCUT2D eigenvalue weighted by molar-refractivity contribution is 0.0599. The molecule has 0 spiro atoms. The van der Waals surface area contributed by atoms with Crippen molar-refractivity contribution in [2.24, 2.45) is 0 Å². The van der Waals surface area contributed by atoms with Crippen LogP contribution in [0.25, 0.3) is 0 Å². The van der Waals surface area contributed by atoms with Gasteiger partial charge in [-0.15, -0.1) is 0 Å². The number of ether oxygens (including phenoxy) is 1. The molecular formula is C15H14BrNO2. The van der Waals surface area contributed by atoms with Crippen LogP contribution in [0.5, 0.6) is 0 Å². The predicted molar refractivity (Wildman–Crippen MR) is 79.3 cm³/mol. The first-order valence-corrected chi connectivity index (χ1v) is 6.66. The number of nitrogens with one attached hydrogen (secondary N) is 1. The summed E-state index contributed by atoms with van der Waals surface area (Å²) >= 11 is 3.48. The molecule has 4 heteroatoms. The molecule has 0 aromatic heterocycles. The van der Waals surface area contributed by atoms with Crippen LogP contribution >= 0.6 is 15.9 Å². The van der Waals surface area contributed by atoms with Crippen LogP contribution in [0.4, 0.5) is 5.69 Å². The van der Waals surface area contributed by atoms with Gasteiger partial charge in [-0.05, 0) is 39.7 Å². The van der Waals surface area contributed by atoms with E-state index in [1.54, 1.807) is 6.07 Å². The number of halogens is 1. The molecule has 0 fully saturated rings. The first kappa shape index (κ1) is 13.6. The molecule has 0 aliphatic rings. The lowest BCUT2D eigenvalue weighted by atomic mass is 10.1. The summed E-state index contributed by atoms with van der Waals surface area (Å²) in [6.07, 6.45) is 0. The normalized spacial score (nSPS) is 10.0. The molecule has 0 amide bonds. The standard InChI is InChI=1S/C15H14BrNO2/c1-19-15(18)12-7-3-2-6-11(12)10-17-14-9-5-4-8-13(14)16/h2-9,17H,10H2,1H3. The maximum absolute atomic E-state index is 11.7. The number of carbonyl (C=O) groups is 1. The molecule has 0 heterocycles. The van der Waals surface area contributed by atoms with Gasteiger partial charge in [0.25, 0.3) is 0 Å². The number of methoxy groups -OCH3 is 1. The van der Waals surface area contributed by atoms with Crippen molar-refractivity contribution in [1.29, 1.82) is 0 Å². The molecule has 2 rings (SSSR count). The second-order valence-corrected chi connectivity index (χ2v) is 4.84. The van der Waals surface area contributed by atoms with Gasteiger partial charge in [0.1, 0.15) is 0 Å². The summed E-state index contributed by atoms with van der Waals surface area (Å²) in [6.45, 7) is 0.563. The third-order valence-electron chi connectivity index (χ3n) is 2.77. The molecule has 3 nitrogen and oxygen atoms in total. The van der Waals surface area contributed by atoms with E-state index in [-0.39, 0.29) is 5.97 Å². The molecule has 19 heavy (non-hydrogen) atoms. The lowest BCUT2D eigenvalue weighted by Gasteiger charge is -2.11. The fourth-order valence-corrected chi connectivity index (χ4v) is 2.20. The second kappa shape index (κ2) is 6.38. The largest absolute Gasteiger partial charge is 0.465 e. The SMILES string of the molecule is COC(=O)c1ccccc1CNc1ccccc1Br. The number of hydrogen-bond acceptors (Lipinski definition) is 3. The Kier molecular flexibility index (Phi) is 4.58. The van der Waals surface area contributed by atoms with E-state index in [4.69, 9.17) is 4.74 Å². The topological polar surface area (TPSA) is 38.3 Å².